The van der Waals surface area contributed by atoms with E-state index in [1.807, 2.05) is 0 Å². The number of anilines is 1. The third-order valence-electron chi connectivity index (χ3n) is 7.25. The molecule has 200 valence electrons. The molecule has 0 aliphatic carbocycles. The Balaban J connectivity index is 1.64. The third-order valence-corrected chi connectivity index (χ3v) is 8.29. The highest BCUT2D eigenvalue weighted by atomic mass is 32.1. The summed E-state index contributed by atoms with van der Waals surface area (Å²) in [4.78, 5) is 46.0. The molecule has 0 bridgehead atoms. The summed E-state index contributed by atoms with van der Waals surface area (Å²) in [6.07, 6.45) is -1.81. The fraction of sp³-hybridized carbons (Fsp3) is 0.500. The minimum Gasteiger partial charge on any atom is -0.374 e. The molecular formula is C24H29F3N6O3S. The minimum absolute atomic E-state index is 0.0389. The van der Waals surface area contributed by atoms with Gasteiger partial charge in [-0.3, -0.25) is 19.3 Å². The van der Waals surface area contributed by atoms with Crippen molar-refractivity contribution < 1.29 is 27.6 Å². The second kappa shape index (κ2) is 10.4. The van der Waals surface area contributed by atoms with Crippen LogP contribution >= 0.6 is 11.3 Å². The van der Waals surface area contributed by atoms with E-state index >= 15 is 0 Å². The summed E-state index contributed by atoms with van der Waals surface area (Å²) in [5.41, 5.74) is 4.20. The number of allylic oxidation sites excluding steroid dienone is 1. The third kappa shape index (κ3) is 5.20. The zero-order valence-corrected chi connectivity index (χ0v) is 21.2. The highest BCUT2D eigenvalue weighted by molar-refractivity contribution is 7.22. The van der Waals surface area contributed by atoms with Crippen LogP contribution in [0.25, 0.3) is 10.2 Å². The van der Waals surface area contributed by atoms with E-state index in [0.717, 1.165) is 43.7 Å². The van der Waals surface area contributed by atoms with Gasteiger partial charge in [-0.15, -0.1) is 0 Å². The van der Waals surface area contributed by atoms with E-state index in [4.69, 9.17) is 11.6 Å². The number of likely N-dealkylation sites (tertiary alicyclic amines) is 2. The van der Waals surface area contributed by atoms with Crippen molar-refractivity contribution >= 4 is 44.3 Å². The molecule has 0 saturated carbocycles. The highest BCUT2D eigenvalue weighted by Gasteiger charge is 2.48. The maximum Gasteiger partial charge on any atom is 0.455 e. The number of piperidine rings is 2. The Morgan fingerprint density at radius 3 is 2.24 bits per heavy atom. The van der Waals surface area contributed by atoms with Gasteiger partial charge in [0.25, 0.3) is 11.7 Å². The van der Waals surface area contributed by atoms with E-state index < -0.39 is 34.9 Å². The molecule has 2 fully saturated rings. The smallest absolute Gasteiger partial charge is 0.374 e. The Morgan fingerprint density at radius 1 is 1.05 bits per heavy atom. The number of carbonyl (C=O) groups is 3. The lowest BCUT2D eigenvalue weighted by Gasteiger charge is -2.48. The van der Waals surface area contributed by atoms with Crippen LogP contribution in [-0.2, 0) is 14.4 Å². The number of alkyl halides is 3. The van der Waals surface area contributed by atoms with Gasteiger partial charge in [-0.2, -0.15) is 13.2 Å². The number of hydrazine groups is 1. The maximum absolute atomic E-state index is 13.6. The van der Waals surface area contributed by atoms with E-state index in [1.54, 1.807) is 24.3 Å². The largest absolute Gasteiger partial charge is 0.455 e. The maximum atomic E-state index is 13.6. The molecule has 0 spiro atoms. The molecule has 2 aliphatic rings. The molecule has 1 aromatic heterocycles. The number of halogens is 3. The lowest BCUT2D eigenvalue weighted by Crippen LogP contribution is -2.63. The molecule has 4 N–H and O–H groups in total. The number of primary amides is 1. The van der Waals surface area contributed by atoms with Crippen LogP contribution in [0, 0.1) is 0 Å². The number of hydrogen-bond donors (Lipinski definition) is 2. The van der Waals surface area contributed by atoms with Crippen LogP contribution < -0.4 is 16.6 Å². The first-order chi connectivity index (χ1) is 17.5. The van der Waals surface area contributed by atoms with Gasteiger partial charge in [0.1, 0.15) is 11.1 Å². The van der Waals surface area contributed by atoms with Crippen molar-refractivity contribution in [3.8, 4) is 0 Å². The molecule has 9 nitrogen and oxygen atoms in total. The Morgan fingerprint density at radius 2 is 1.68 bits per heavy atom. The van der Waals surface area contributed by atoms with E-state index in [1.165, 1.54) is 11.8 Å². The van der Waals surface area contributed by atoms with Gasteiger partial charge in [-0.05, 0) is 57.8 Å². The average molecular weight is 539 g/mol. The van der Waals surface area contributed by atoms with Gasteiger partial charge in [-0.1, -0.05) is 29.9 Å². The van der Waals surface area contributed by atoms with Crippen molar-refractivity contribution in [3.05, 3.63) is 35.5 Å². The summed E-state index contributed by atoms with van der Waals surface area (Å²) >= 11 is 1.02. The number of aromatic nitrogens is 1. The van der Waals surface area contributed by atoms with Crippen LogP contribution in [0.4, 0.5) is 18.3 Å². The standard InChI is InChI=1S/C24H29F3N6O3S/c1-15(31-13-9-23(10-14-31,21(28)36)32-11-5-2-6-12-32)18(19(34)24(25,26)27)20(35)33(29)22-30-16-7-3-4-8-17(16)37-22/h3-4,7-8H,2,5-6,9-14,29H2,1H3,(H2,28,36)/b18-15+. The Bertz CT molecular complexity index is 1200. The molecule has 2 amide bonds. The van der Waals surface area contributed by atoms with Crippen molar-refractivity contribution in [2.75, 3.05) is 31.2 Å². The summed E-state index contributed by atoms with van der Waals surface area (Å²) in [6, 6.07) is 6.89. The fourth-order valence-corrected chi connectivity index (χ4v) is 6.03. The van der Waals surface area contributed by atoms with Gasteiger partial charge in [0.15, 0.2) is 0 Å². The zero-order chi connectivity index (χ0) is 27.0. The predicted molar refractivity (Wildman–Crippen MR) is 133 cm³/mol. The molecule has 4 rings (SSSR count). The van der Waals surface area contributed by atoms with E-state index in [0.29, 0.717) is 15.2 Å². The average Bonchev–Trinajstić information content (AvgIpc) is 3.32. The lowest BCUT2D eigenvalue weighted by molar-refractivity contribution is -0.167. The molecule has 2 aliphatic heterocycles. The highest BCUT2D eigenvalue weighted by Crippen LogP contribution is 2.35. The molecule has 2 aromatic rings. The first-order valence-electron chi connectivity index (χ1n) is 12.0. The van der Waals surface area contributed by atoms with Crippen LogP contribution in [0.2, 0.25) is 0 Å². The summed E-state index contributed by atoms with van der Waals surface area (Å²) in [5, 5.41) is 0.446. The fourth-order valence-electron chi connectivity index (χ4n) is 5.14. The number of amides is 2. The molecule has 13 heteroatoms. The Kier molecular flexibility index (Phi) is 7.58. The summed E-state index contributed by atoms with van der Waals surface area (Å²) in [7, 11) is 0. The van der Waals surface area contributed by atoms with Gasteiger partial charge < -0.3 is 10.6 Å². The molecule has 1 aromatic carbocycles. The van der Waals surface area contributed by atoms with Gasteiger partial charge >= 0.3 is 6.18 Å². The number of rotatable bonds is 6. The molecular weight excluding hydrogens is 509 g/mol. The monoisotopic (exact) mass is 538 g/mol. The molecule has 2 saturated heterocycles. The van der Waals surface area contributed by atoms with Crippen molar-refractivity contribution in [3.63, 3.8) is 0 Å². The van der Waals surface area contributed by atoms with Gasteiger partial charge in [0.2, 0.25) is 11.0 Å². The topological polar surface area (TPSA) is 126 Å². The van der Waals surface area contributed by atoms with Gasteiger partial charge in [0, 0.05) is 18.8 Å². The van der Waals surface area contributed by atoms with E-state index in [-0.39, 0.29) is 36.8 Å². The number of carbonyl (C=O) groups excluding carboxylic acids is 3. The van der Waals surface area contributed by atoms with Crippen molar-refractivity contribution in [2.24, 2.45) is 11.6 Å². The van der Waals surface area contributed by atoms with Gasteiger partial charge in [-0.25, -0.2) is 15.8 Å². The molecule has 3 heterocycles. The number of nitrogens with two attached hydrogens (primary N) is 2. The number of thiazole rings is 1. The van der Waals surface area contributed by atoms with Crippen molar-refractivity contribution in [1.82, 2.24) is 14.8 Å². The van der Waals surface area contributed by atoms with Crippen LogP contribution in [0.3, 0.4) is 0 Å². The summed E-state index contributed by atoms with van der Waals surface area (Å²) in [6.45, 7) is 3.04. The quantitative estimate of drug-likeness (QED) is 0.145. The molecule has 37 heavy (non-hydrogen) atoms. The minimum atomic E-state index is -5.29. The van der Waals surface area contributed by atoms with Gasteiger partial charge in [0.05, 0.1) is 10.2 Å². The number of benzene rings is 1. The van der Waals surface area contributed by atoms with Crippen LogP contribution in [0.5, 0.6) is 0 Å². The first kappa shape index (κ1) is 27.0. The van der Waals surface area contributed by atoms with E-state index in [2.05, 4.69) is 9.88 Å². The van der Waals surface area contributed by atoms with E-state index in [9.17, 15) is 27.6 Å². The van der Waals surface area contributed by atoms with Crippen LogP contribution in [-0.4, -0.2) is 70.3 Å². The molecule has 0 atom stereocenters. The first-order valence-corrected chi connectivity index (χ1v) is 12.8. The molecule has 0 radical (unpaired) electrons. The zero-order valence-electron chi connectivity index (χ0n) is 20.4. The summed E-state index contributed by atoms with van der Waals surface area (Å²) < 4.78 is 41.5. The van der Waals surface area contributed by atoms with Crippen LogP contribution in [0.1, 0.15) is 39.0 Å². The number of para-hydroxylation sites is 1. The number of Topliss-reactive ketones (excluding diaryl/α,β-unsaturated/α-hetero) is 1. The number of ketones is 1. The normalized spacial score (nSPS) is 19.4. The molecule has 0 unspecified atom stereocenters. The Hall–Kier alpha value is -3.03. The lowest BCUT2D eigenvalue weighted by atomic mass is 9.83. The summed E-state index contributed by atoms with van der Waals surface area (Å²) in [5.74, 6) is 1.87. The number of hydrogen-bond acceptors (Lipinski definition) is 8. The van der Waals surface area contributed by atoms with Crippen molar-refractivity contribution in [2.45, 2.75) is 50.7 Å². The van der Waals surface area contributed by atoms with Crippen LogP contribution in [0.15, 0.2) is 35.5 Å². The second-order valence-electron chi connectivity index (χ2n) is 9.36. The number of nitrogens with zero attached hydrogens (tertiary/aromatic N) is 4. The second-order valence-corrected chi connectivity index (χ2v) is 10.4. The SMILES string of the molecule is C/C(=C(\C(=O)N(N)c1nc2ccccc2s1)C(=O)C(F)(F)F)N1CCC(C(N)=O)(N2CCCCC2)CC1. The Labute approximate surface area is 215 Å². The van der Waals surface area contributed by atoms with Crippen molar-refractivity contribution in [1.29, 1.82) is 0 Å². The predicted octanol–water partition coefficient (Wildman–Crippen LogP) is 2.71. The number of fused-ring (bicyclic) bond motifs is 1.